The number of carbonyl (C=O) groups excluding carboxylic acids is 3. The van der Waals surface area contributed by atoms with E-state index in [9.17, 15) is 34.8 Å². The molecule has 218 valence electrons. The zero-order valence-corrected chi connectivity index (χ0v) is 24.0. The highest BCUT2D eigenvalue weighted by atomic mass is 16.5. The highest BCUT2D eigenvalue weighted by molar-refractivity contribution is 6.24. The highest BCUT2D eigenvalue weighted by Crippen LogP contribution is 2.54. The van der Waals surface area contributed by atoms with Gasteiger partial charge in [0, 0.05) is 31.3 Å². The van der Waals surface area contributed by atoms with Crippen molar-refractivity contribution in [3.05, 3.63) is 39.7 Å². The van der Waals surface area contributed by atoms with Gasteiger partial charge in [-0.05, 0) is 77.2 Å². The van der Waals surface area contributed by atoms with Gasteiger partial charge in [0.05, 0.1) is 23.8 Å². The average molecular weight is 558 g/mol. The molecule has 1 aromatic rings. The predicted octanol–water partition coefficient (Wildman–Crippen LogP) is 1.39. The molecule has 0 bridgehead atoms. The van der Waals surface area contributed by atoms with Crippen LogP contribution in [0.4, 0.5) is 5.69 Å². The Hall–Kier alpha value is -3.41. The van der Waals surface area contributed by atoms with Gasteiger partial charge in [-0.25, -0.2) is 0 Å². The second-order valence-corrected chi connectivity index (χ2v) is 12.3. The van der Waals surface area contributed by atoms with Crippen LogP contribution in [0.1, 0.15) is 43.9 Å². The molecule has 0 radical (unpaired) electrons. The van der Waals surface area contributed by atoms with Crippen molar-refractivity contribution in [2.24, 2.45) is 17.6 Å². The lowest BCUT2D eigenvalue weighted by molar-refractivity contribution is -0.153. The number of anilines is 1. The van der Waals surface area contributed by atoms with Crippen molar-refractivity contribution in [2.45, 2.75) is 57.3 Å². The molecule has 40 heavy (non-hydrogen) atoms. The van der Waals surface area contributed by atoms with Gasteiger partial charge < -0.3 is 35.8 Å². The molecule has 1 amide bonds. The summed E-state index contributed by atoms with van der Waals surface area (Å²) in [4.78, 5) is 42.7. The van der Waals surface area contributed by atoms with E-state index >= 15 is 0 Å². The summed E-state index contributed by atoms with van der Waals surface area (Å²) in [5, 5.41) is 45.6. The number of rotatable bonds is 6. The van der Waals surface area contributed by atoms with Gasteiger partial charge in [-0.3, -0.25) is 19.3 Å². The number of Topliss-reactive ketones (excluding diaryl/α,β-unsaturated/α-hetero) is 2. The Morgan fingerprint density at radius 3 is 2.30 bits per heavy atom. The molecule has 3 aliphatic carbocycles. The van der Waals surface area contributed by atoms with Crippen LogP contribution in [0.25, 0.3) is 5.76 Å². The van der Waals surface area contributed by atoms with Crippen LogP contribution in [0.2, 0.25) is 0 Å². The second kappa shape index (κ2) is 9.90. The fraction of sp³-hybridized carbons (Fsp3) is 0.552. The van der Waals surface area contributed by atoms with Crippen LogP contribution in [0.15, 0.2) is 23.0 Å². The monoisotopic (exact) mass is 557 g/mol. The number of benzene rings is 1. The first-order chi connectivity index (χ1) is 18.4. The smallest absolute Gasteiger partial charge is 0.255 e. The summed E-state index contributed by atoms with van der Waals surface area (Å²) in [5.74, 6) is -6.62. The molecule has 0 heterocycles. The zero-order chi connectivity index (χ0) is 30.1. The van der Waals surface area contributed by atoms with E-state index in [1.54, 1.807) is 14.1 Å². The van der Waals surface area contributed by atoms with Gasteiger partial charge in [0.15, 0.2) is 11.4 Å². The number of hydrogen-bond donors (Lipinski definition) is 5. The van der Waals surface area contributed by atoms with Crippen LogP contribution in [-0.4, -0.2) is 94.8 Å². The maximum atomic E-state index is 14.0. The average Bonchev–Trinajstić information content (AvgIpc) is 2.81. The molecule has 1 aromatic carbocycles. The Labute approximate surface area is 233 Å². The van der Waals surface area contributed by atoms with Crippen molar-refractivity contribution in [2.75, 3.05) is 39.7 Å². The van der Waals surface area contributed by atoms with E-state index in [1.165, 1.54) is 4.90 Å². The highest BCUT2D eigenvalue weighted by Gasteiger charge is 2.64. The van der Waals surface area contributed by atoms with Crippen molar-refractivity contribution in [3.8, 4) is 5.75 Å². The van der Waals surface area contributed by atoms with Crippen molar-refractivity contribution in [1.29, 1.82) is 0 Å². The molecule has 11 heteroatoms. The van der Waals surface area contributed by atoms with E-state index in [1.807, 2.05) is 45.8 Å². The summed E-state index contributed by atoms with van der Waals surface area (Å²) in [5.41, 5.74) is 3.26. The van der Waals surface area contributed by atoms with Gasteiger partial charge in [-0.15, -0.1) is 0 Å². The first-order valence-electron chi connectivity index (χ1n) is 13.3. The number of nitrogens with zero attached hydrogens (tertiary/aromatic N) is 2. The number of likely N-dealkylation sites (N-methyl/N-ethyl adjacent to an activating group) is 1. The second-order valence-electron chi connectivity index (χ2n) is 12.3. The summed E-state index contributed by atoms with van der Waals surface area (Å²) < 4.78 is 5.83. The third-order valence-electron chi connectivity index (χ3n) is 8.16. The Bertz CT molecular complexity index is 1350. The SMILES string of the molecule is CN(C)c1cc(CCOC(C)(C)C)c(O)c2c1C[C@H]1C[C@H]3[C@@H](N(C)C)C(=O)C(C(N)=O)=C(O)[C@@]3(O)C(=O)C1=C2O. The normalized spacial score (nSPS) is 26.6. The number of carbonyl (C=O) groups is 3. The van der Waals surface area contributed by atoms with E-state index in [4.69, 9.17) is 10.5 Å². The largest absolute Gasteiger partial charge is 0.508 e. The summed E-state index contributed by atoms with van der Waals surface area (Å²) >= 11 is 0. The number of ether oxygens (including phenoxy) is 1. The summed E-state index contributed by atoms with van der Waals surface area (Å²) in [7, 11) is 6.81. The van der Waals surface area contributed by atoms with E-state index < -0.39 is 63.6 Å². The lowest BCUT2D eigenvalue weighted by Gasteiger charge is -2.50. The summed E-state index contributed by atoms with van der Waals surface area (Å²) in [6, 6.07) is 0.712. The fourth-order valence-electron chi connectivity index (χ4n) is 6.40. The number of aliphatic hydroxyl groups is 3. The Balaban J connectivity index is 1.91. The molecule has 0 aliphatic heterocycles. The van der Waals surface area contributed by atoms with E-state index in [2.05, 4.69) is 0 Å². The minimum atomic E-state index is -2.66. The number of hydrogen-bond acceptors (Lipinski definition) is 10. The molecule has 0 saturated heterocycles. The summed E-state index contributed by atoms with van der Waals surface area (Å²) in [6.07, 6.45) is 0.607. The van der Waals surface area contributed by atoms with Crippen LogP contribution in [-0.2, 0) is 32.0 Å². The van der Waals surface area contributed by atoms with E-state index in [0.29, 0.717) is 24.2 Å². The maximum Gasteiger partial charge on any atom is 0.255 e. The Kier molecular flexibility index (Phi) is 7.32. The van der Waals surface area contributed by atoms with Crippen molar-refractivity contribution >= 4 is 28.9 Å². The Morgan fingerprint density at radius 1 is 1.15 bits per heavy atom. The number of fused-ring (bicyclic) bond motifs is 3. The number of aromatic hydroxyl groups is 1. The third-order valence-corrected chi connectivity index (χ3v) is 8.16. The quantitative estimate of drug-likeness (QED) is 0.322. The van der Waals surface area contributed by atoms with Crippen molar-refractivity contribution < 1.29 is 39.5 Å². The van der Waals surface area contributed by atoms with Crippen LogP contribution in [0, 0.1) is 11.8 Å². The first-order valence-corrected chi connectivity index (χ1v) is 13.3. The van der Waals surface area contributed by atoms with Gasteiger partial charge >= 0.3 is 0 Å². The lowest BCUT2D eigenvalue weighted by Crippen LogP contribution is -2.65. The maximum absolute atomic E-state index is 14.0. The number of phenols is 1. The fourth-order valence-corrected chi connectivity index (χ4v) is 6.40. The third kappa shape index (κ3) is 4.46. The molecule has 1 fully saturated rings. The van der Waals surface area contributed by atoms with Gasteiger partial charge in [0.25, 0.3) is 5.91 Å². The standard InChI is InChI=1S/C29H39N3O8/c1-28(2,3)40-9-8-13-12-17(31(4)5)15-10-14-11-16-21(32(6)7)24(35)20(27(30)38)26(37)29(16,39)25(36)18(14)23(34)19(15)22(13)33/h12,14,16,21,33-34,37,39H,8-11H2,1-7H3,(H2,30,38)/t14-,16-,21+,29-/m0/s1. The van der Waals surface area contributed by atoms with E-state index in [0.717, 1.165) is 5.69 Å². The number of nitrogens with two attached hydrogens (primary N) is 1. The minimum absolute atomic E-state index is 0.0422. The molecule has 0 spiro atoms. The molecule has 11 nitrogen and oxygen atoms in total. The first kappa shape index (κ1) is 29.6. The lowest BCUT2D eigenvalue weighted by atomic mass is 9.57. The van der Waals surface area contributed by atoms with Crippen LogP contribution in [0.5, 0.6) is 5.75 Å². The van der Waals surface area contributed by atoms with Gasteiger partial charge in [0.2, 0.25) is 5.78 Å². The number of ketones is 2. The molecule has 6 N–H and O–H groups in total. The number of amides is 1. The molecule has 3 aliphatic rings. The number of phenolic OH excluding ortho intramolecular Hbond substituents is 1. The van der Waals surface area contributed by atoms with Crippen molar-refractivity contribution in [3.63, 3.8) is 0 Å². The van der Waals surface area contributed by atoms with Gasteiger partial charge in [-0.1, -0.05) is 0 Å². The van der Waals surface area contributed by atoms with Gasteiger partial charge in [-0.2, -0.15) is 0 Å². The molecular weight excluding hydrogens is 518 g/mol. The molecular formula is C29H39N3O8. The van der Waals surface area contributed by atoms with Gasteiger partial charge in [0.1, 0.15) is 22.8 Å². The number of primary amides is 1. The zero-order valence-electron chi connectivity index (χ0n) is 24.0. The van der Waals surface area contributed by atoms with E-state index in [-0.39, 0.29) is 29.7 Å². The minimum Gasteiger partial charge on any atom is -0.508 e. The topological polar surface area (TPSA) is 174 Å². The number of aliphatic hydroxyl groups excluding tert-OH is 2. The molecule has 0 unspecified atom stereocenters. The Morgan fingerprint density at radius 2 is 1.77 bits per heavy atom. The van der Waals surface area contributed by atoms with Crippen LogP contribution >= 0.6 is 0 Å². The molecule has 1 saturated carbocycles. The molecule has 4 atom stereocenters. The van der Waals surface area contributed by atoms with Crippen molar-refractivity contribution in [1.82, 2.24) is 4.90 Å². The van der Waals surface area contributed by atoms with Crippen LogP contribution in [0.3, 0.4) is 0 Å². The van der Waals surface area contributed by atoms with Crippen LogP contribution < -0.4 is 10.6 Å². The molecule has 0 aromatic heterocycles. The molecule has 4 rings (SSSR count). The predicted molar refractivity (Wildman–Crippen MR) is 148 cm³/mol. The summed E-state index contributed by atoms with van der Waals surface area (Å²) in [6.45, 7) is 6.06.